The standard InChI is InChI=1S/C26H23BNO5/c1-27-19-9-10-22(32-20-7-4-5-16(11-20)12-24(29)30)18(13-19)15-28-25-21-8-3-2-6-17(21)14-23(25)33-26(28)31/h2-11,13,23,25H,12,14-15H2,1H3,(H,29,30)/t23-,25+/m0/s1. The molecule has 0 unspecified atom stereocenters. The Morgan fingerprint density at radius 3 is 2.82 bits per heavy atom. The lowest BCUT2D eigenvalue weighted by molar-refractivity contribution is -0.136. The van der Waals surface area contributed by atoms with Gasteiger partial charge in [0.05, 0.1) is 19.0 Å². The molecule has 1 N–H and O–H groups in total. The van der Waals surface area contributed by atoms with Crippen LogP contribution < -0.4 is 10.2 Å². The molecule has 2 atom stereocenters. The third-order valence-corrected chi connectivity index (χ3v) is 6.21. The molecule has 1 amide bonds. The average molecular weight is 440 g/mol. The lowest BCUT2D eigenvalue weighted by atomic mass is 9.73. The molecule has 0 spiro atoms. The molecule has 3 aromatic carbocycles. The zero-order valence-electron chi connectivity index (χ0n) is 18.2. The molecule has 2 aliphatic rings. The van der Waals surface area contributed by atoms with E-state index in [0.29, 0.717) is 23.6 Å². The highest BCUT2D eigenvalue weighted by Crippen LogP contribution is 2.43. The van der Waals surface area contributed by atoms with Crippen LogP contribution >= 0.6 is 0 Å². The number of rotatable bonds is 7. The summed E-state index contributed by atoms with van der Waals surface area (Å²) in [6, 6.07) is 21.0. The van der Waals surface area contributed by atoms with Gasteiger partial charge in [0, 0.05) is 12.0 Å². The smallest absolute Gasteiger partial charge is 0.411 e. The second-order valence-electron chi connectivity index (χ2n) is 8.37. The largest absolute Gasteiger partial charge is 0.481 e. The van der Waals surface area contributed by atoms with Crippen molar-refractivity contribution in [3.05, 3.63) is 89.0 Å². The Hall–Kier alpha value is -3.74. The van der Waals surface area contributed by atoms with Gasteiger partial charge in [0.25, 0.3) is 0 Å². The minimum Gasteiger partial charge on any atom is -0.481 e. The fourth-order valence-electron chi connectivity index (χ4n) is 4.69. The summed E-state index contributed by atoms with van der Waals surface area (Å²) < 4.78 is 11.9. The van der Waals surface area contributed by atoms with Crippen LogP contribution in [0.4, 0.5) is 4.79 Å². The molecule has 3 aromatic rings. The number of nitrogens with zero attached hydrogens (tertiary/aromatic N) is 1. The Morgan fingerprint density at radius 2 is 2.00 bits per heavy atom. The molecule has 1 aliphatic heterocycles. The van der Waals surface area contributed by atoms with Crippen molar-refractivity contribution in [2.75, 3.05) is 0 Å². The van der Waals surface area contributed by atoms with Crippen LogP contribution in [0.25, 0.3) is 0 Å². The summed E-state index contributed by atoms with van der Waals surface area (Å²) >= 11 is 0. The zero-order chi connectivity index (χ0) is 22.9. The average Bonchev–Trinajstić information content (AvgIpc) is 3.30. The van der Waals surface area contributed by atoms with Gasteiger partial charge in [0.1, 0.15) is 24.9 Å². The van der Waals surface area contributed by atoms with Crippen LogP contribution in [0.15, 0.2) is 66.7 Å². The normalized spacial score (nSPS) is 18.5. The van der Waals surface area contributed by atoms with Gasteiger partial charge < -0.3 is 14.6 Å². The van der Waals surface area contributed by atoms with E-state index in [-0.39, 0.29) is 24.7 Å². The molecule has 1 radical (unpaired) electrons. The maximum absolute atomic E-state index is 12.8. The van der Waals surface area contributed by atoms with Crippen LogP contribution in [0.3, 0.4) is 0 Å². The first-order chi connectivity index (χ1) is 16.0. The van der Waals surface area contributed by atoms with Crippen LogP contribution in [0.2, 0.25) is 6.82 Å². The van der Waals surface area contributed by atoms with E-state index in [4.69, 9.17) is 14.6 Å². The number of carbonyl (C=O) groups excluding carboxylic acids is 1. The Balaban J connectivity index is 1.45. The Labute approximate surface area is 193 Å². The molecular weight excluding hydrogens is 417 g/mol. The number of carbonyl (C=O) groups is 2. The molecule has 1 saturated heterocycles. The van der Waals surface area contributed by atoms with Crippen molar-refractivity contribution in [1.82, 2.24) is 4.90 Å². The summed E-state index contributed by atoms with van der Waals surface area (Å²) in [6.07, 6.45) is 0.161. The van der Waals surface area contributed by atoms with Gasteiger partial charge in [-0.15, -0.1) is 0 Å². The summed E-state index contributed by atoms with van der Waals surface area (Å²) in [7, 11) is 2.00. The predicted octanol–water partition coefficient (Wildman–Crippen LogP) is 4.10. The maximum atomic E-state index is 12.8. The summed E-state index contributed by atoms with van der Waals surface area (Å²) in [5.74, 6) is 0.279. The van der Waals surface area contributed by atoms with E-state index in [1.807, 2.05) is 44.4 Å². The molecule has 0 saturated carbocycles. The van der Waals surface area contributed by atoms with Crippen molar-refractivity contribution < 1.29 is 24.2 Å². The SMILES string of the molecule is C[B]c1ccc(Oc2cccc(CC(=O)O)c2)c(CN2C(=O)O[C@H]3Cc4ccccc4[C@H]32)c1. The first-order valence-corrected chi connectivity index (χ1v) is 11.0. The van der Waals surface area contributed by atoms with Crippen LogP contribution in [-0.2, 0) is 28.9 Å². The van der Waals surface area contributed by atoms with Gasteiger partial charge >= 0.3 is 12.1 Å². The second-order valence-corrected chi connectivity index (χ2v) is 8.37. The molecule has 0 bridgehead atoms. The molecule has 6 nitrogen and oxygen atoms in total. The summed E-state index contributed by atoms with van der Waals surface area (Å²) in [5.41, 5.74) is 4.89. The minimum absolute atomic E-state index is 0.0735. The molecule has 33 heavy (non-hydrogen) atoms. The molecule has 5 rings (SSSR count). The van der Waals surface area contributed by atoms with Gasteiger partial charge in [0.15, 0.2) is 0 Å². The van der Waals surface area contributed by atoms with E-state index in [1.165, 1.54) is 5.56 Å². The highest BCUT2D eigenvalue weighted by atomic mass is 16.6. The van der Waals surface area contributed by atoms with E-state index in [2.05, 4.69) is 12.1 Å². The predicted molar refractivity (Wildman–Crippen MR) is 124 cm³/mol. The minimum atomic E-state index is -0.894. The number of carboxylic acids is 1. The van der Waals surface area contributed by atoms with E-state index >= 15 is 0 Å². The topological polar surface area (TPSA) is 76.1 Å². The lowest BCUT2D eigenvalue weighted by Gasteiger charge is -2.23. The van der Waals surface area contributed by atoms with Gasteiger partial charge in [0.2, 0.25) is 0 Å². The van der Waals surface area contributed by atoms with Crippen LogP contribution in [0.1, 0.15) is 28.3 Å². The van der Waals surface area contributed by atoms with Crippen LogP contribution in [0.5, 0.6) is 11.5 Å². The fraction of sp³-hybridized carbons (Fsp3) is 0.231. The van der Waals surface area contributed by atoms with E-state index < -0.39 is 5.97 Å². The van der Waals surface area contributed by atoms with E-state index in [9.17, 15) is 9.59 Å². The third kappa shape index (κ3) is 4.18. The van der Waals surface area contributed by atoms with Crippen molar-refractivity contribution in [2.24, 2.45) is 0 Å². The summed E-state index contributed by atoms with van der Waals surface area (Å²) in [4.78, 5) is 25.6. The number of hydrogen-bond acceptors (Lipinski definition) is 4. The Bertz CT molecular complexity index is 1230. The first kappa shape index (κ1) is 21.1. The first-order valence-electron chi connectivity index (χ1n) is 11.0. The number of hydrogen-bond donors (Lipinski definition) is 1. The van der Waals surface area contributed by atoms with Gasteiger partial charge in [-0.1, -0.05) is 60.8 Å². The van der Waals surface area contributed by atoms with E-state index in [1.54, 1.807) is 29.2 Å². The van der Waals surface area contributed by atoms with Crippen molar-refractivity contribution >= 4 is 24.8 Å². The number of ether oxygens (including phenoxy) is 2. The zero-order valence-corrected chi connectivity index (χ0v) is 18.2. The van der Waals surface area contributed by atoms with Crippen molar-refractivity contribution in [3.63, 3.8) is 0 Å². The number of benzene rings is 3. The number of carboxylic acid groups (broad SMARTS) is 1. The number of aliphatic carboxylic acids is 1. The van der Waals surface area contributed by atoms with Gasteiger partial charge in [-0.05, 0) is 34.9 Å². The Morgan fingerprint density at radius 1 is 1.15 bits per heavy atom. The Kier molecular flexibility index (Phi) is 5.54. The van der Waals surface area contributed by atoms with E-state index in [0.717, 1.165) is 23.0 Å². The van der Waals surface area contributed by atoms with Crippen molar-refractivity contribution in [3.8, 4) is 11.5 Å². The quantitative estimate of drug-likeness (QED) is 0.560. The fourth-order valence-corrected chi connectivity index (χ4v) is 4.69. The number of fused-ring (bicyclic) bond motifs is 3. The molecular formula is C26H23BNO5. The van der Waals surface area contributed by atoms with Gasteiger partial charge in [-0.3, -0.25) is 9.69 Å². The molecule has 0 aromatic heterocycles. The molecule has 1 heterocycles. The lowest BCUT2D eigenvalue weighted by Crippen LogP contribution is -2.28. The summed E-state index contributed by atoms with van der Waals surface area (Å²) in [6.45, 7) is 2.31. The molecule has 165 valence electrons. The third-order valence-electron chi connectivity index (χ3n) is 6.21. The monoisotopic (exact) mass is 440 g/mol. The summed E-state index contributed by atoms with van der Waals surface area (Å²) in [5, 5.41) is 9.08. The highest BCUT2D eigenvalue weighted by Gasteiger charge is 2.47. The molecule has 1 fully saturated rings. The van der Waals surface area contributed by atoms with Gasteiger partial charge in [-0.2, -0.15) is 0 Å². The molecule has 7 heteroatoms. The number of amides is 1. The molecule has 1 aliphatic carbocycles. The second kappa shape index (κ2) is 8.66. The van der Waals surface area contributed by atoms with Crippen LogP contribution in [0, 0.1) is 0 Å². The van der Waals surface area contributed by atoms with Crippen molar-refractivity contribution in [2.45, 2.75) is 38.4 Å². The van der Waals surface area contributed by atoms with Crippen LogP contribution in [-0.4, -0.2) is 35.5 Å². The maximum Gasteiger partial charge on any atom is 0.411 e. The van der Waals surface area contributed by atoms with Crippen molar-refractivity contribution in [1.29, 1.82) is 0 Å². The highest BCUT2D eigenvalue weighted by molar-refractivity contribution is 6.51. The van der Waals surface area contributed by atoms with Gasteiger partial charge in [-0.25, -0.2) is 4.79 Å².